The fourth-order valence-corrected chi connectivity index (χ4v) is 1.27. The van der Waals surface area contributed by atoms with Crippen LogP contribution in [0.4, 0.5) is 4.79 Å². The second-order valence-electron chi connectivity index (χ2n) is 2.98. The van der Waals surface area contributed by atoms with Crippen LogP contribution in [0, 0.1) is 0 Å². The van der Waals surface area contributed by atoms with E-state index in [-0.39, 0.29) is 6.73 Å². The molecule has 0 saturated carbocycles. The Morgan fingerprint density at radius 1 is 1.50 bits per heavy atom. The maximum Gasteiger partial charge on any atom is 0.408 e. The van der Waals surface area contributed by atoms with Crippen molar-refractivity contribution in [3.63, 3.8) is 0 Å². The quantitative estimate of drug-likeness (QED) is 0.571. The first-order valence-corrected chi connectivity index (χ1v) is 4.73. The highest BCUT2D eigenvalue weighted by Crippen LogP contribution is 1.94. The van der Waals surface area contributed by atoms with Crippen LogP contribution in [0.15, 0.2) is 0 Å². The number of amides is 1. The topological polar surface area (TPSA) is 76.8 Å². The number of nitrogens with zero attached hydrogens (tertiary/aromatic N) is 1. The van der Waals surface area contributed by atoms with Gasteiger partial charge in [-0.1, -0.05) is 0 Å². The van der Waals surface area contributed by atoms with E-state index < -0.39 is 6.09 Å². The molecule has 14 heavy (non-hydrogen) atoms. The number of rotatable bonds is 4. The van der Waals surface area contributed by atoms with Crippen LogP contribution in [-0.2, 0) is 9.47 Å². The highest BCUT2D eigenvalue weighted by Gasteiger charge is 2.09. The maximum atomic E-state index is 10.8. The second kappa shape index (κ2) is 6.58. The van der Waals surface area contributed by atoms with E-state index in [0.717, 1.165) is 32.8 Å². The average Bonchev–Trinajstić information content (AvgIpc) is 2.20. The molecule has 0 aromatic carbocycles. The first-order chi connectivity index (χ1) is 6.83. The van der Waals surface area contributed by atoms with Crippen LogP contribution in [0.3, 0.4) is 0 Å². The molecule has 1 aliphatic rings. The van der Waals surface area contributed by atoms with Crippen LogP contribution >= 0.6 is 0 Å². The van der Waals surface area contributed by atoms with Gasteiger partial charge in [-0.15, -0.1) is 0 Å². The van der Waals surface area contributed by atoms with Gasteiger partial charge in [0, 0.05) is 26.2 Å². The van der Waals surface area contributed by atoms with E-state index in [2.05, 4.69) is 15.0 Å². The van der Waals surface area contributed by atoms with Crippen molar-refractivity contribution in [2.75, 3.05) is 46.1 Å². The Kier molecular flexibility index (Phi) is 5.28. The molecular formula is C8H17N3O3. The number of alkyl carbamates (subject to hydrolysis) is 1. The average molecular weight is 203 g/mol. The van der Waals surface area contributed by atoms with Gasteiger partial charge in [-0.05, 0) is 0 Å². The highest BCUT2D eigenvalue weighted by atomic mass is 16.6. The van der Waals surface area contributed by atoms with Gasteiger partial charge in [-0.3, -0.25) is 10.6 Å². The van der Waals surface area contributed by atoms with Gasteiger partial charge >= 0.3 is 6.09 Å². The van der Waals surface area contributed by atoms with E-state index in [1.807, 2.05) is 0 Å². The maximum absolute atomic E-state index is 10.8. The van der Waals surface area contributed by atoms with Crippen molar-refractivity contribution < 1.29 is 14.3 Å². The molecule has 1 saturated heterocycles. The molecule has 1 fully saturated rings. The molecule has 1 rings (SSSR count). The van der Waals surface area contributed by atoms with E-state index >= 15 is 0 Å². The van der Waals surface area contributed by atoms with E-state index in [1.54, 1.807) is 0 Å². The lowest BCUT2D eigenvalue weighted by Crippen LogP contribution is -2.41. The molecule has 0 aromatic rings. The molecule has 6 heteroatoms. The SMILES string of the molecule is NCOC(=O)NCCN1CCOCC1. The molecule has 0 spiro atoms. The van der Waals surface area contributed by atoms with Crippen molar-refractivity contribution in [3.05, 3.63) is 0 Å². The van der Waals surface area contributed by atoms with Gasteiger partial charge in [0.15, 0.2) is 0 Å². The molecule has 0 unspecified atom stereocenters. The molecule has 0 radical (unpaired) electrons. The summed E-state index contributed by atoms with van der Waals surface area (Å²) in [5.41, 5.74) is 5.03. The molecule has 0 aromatic heterocycles. The van der Waals surface area contributed by atoms with Crippen molar-refractivity contribution >= 4 is 6.09 Å². The zero-order valence-corrected chi connectivity index (χ0v) is 8.20. The van der Waals surface area contributed by atoms with Crippen LogP contribution in [0.5, 0.6) is 0 Å². The summed E-state index contributed by atoms with van der Waals surface area (Å²) in [4.78, 5) is 13.1. The van der Waals surface area contributed by atoms with Gasteiger partial charge in [0.05, 0.1) is 13.2 Å². The Morgan fingerprint density at radius 3 is 2.86 bits per heavy atom. The number of morpholine rings is 1. The third-order valence-electron chi connectivity index (χ3n) is 2.02. The minimum Gasteiger partial charge on any atom is -0.434 e. The number of hydrogen-bond donors (Lipinski definition) is 2. The van der Waals surface area contributed by atoms with Crippen molar-refractivity contribution in [2.24, 2.45) is 5.73 Å². The van der Waals surface area contributed by atoms with Crippen molar-refractivity contribution in [1.82, 2.24) is 10.2 Å². The zero-order chi connectivity index (χ0) is 10.2. The van der Waals surface area contributed by atoms with Crippen molar-refractivity contribution in [1.29, 1.82) is 0 Å². The van der Waals surface area contributed by atoms with E-state index in [1.165, 1.54) is 0 Å². The predicted molar refractivity (Wildman–Crippen MR) is 50.8 cm³/mol. The normalized spacial score (nSPS) is 17.8. The first-order valence-electron chi connectivity index (χ1n) is 4.73. The monoisotopic (exact) mass is 203 g/mol. The highest BCUT2D eigenvalue weighted by molar-refractivity contribution is 5.66. The first kappa shape index (κ1) is 11.2. The van der Waals surface area contributed by atoms with E-state index in [0.29, 0.717) is 6.54 Å². The molecule has 6 nitrogen and oxygen atoms in total. The summed E-state index contributed by atoms with van der Waals surface area (Å²) in [5.74, 6) is 0. The molecule has 82 valence electrons. The number of carbonyl (C=O) groups is 1. The predicted octanol–water partition coefficient (Wildman–Crippen LogP) is -1.04. The lowest BCUT2D eigenvalue weighted by Gasteiger charge is -2.26. The van der Waals surface area contributed by atoms with E-state index in [9.17, 15) is 4.79 Å². The van der Waals surface area contributed by atoms with Crippen LogP contribution in [0.2, 0.25) is 0 Å². The summed E-state index contributed by atoms with van der Waals surface area (Å²) in [7, 11) is 0. The number of ether oxygens (including phenoxy) is 2. The third-order valence-corrected chi connectivity index (χ3v) is 2.02. The Hall–Kier alpha value is -0.850. The Bertz CT molecular complexity index is 171. The smallest absolute Gasteiger partial charge is 0.408 e. The lowest BCUT2D eigenvalue weighted by atomic mass is 10.4. The number of nitrogens with two attached hydrogens (primary N) is 1. The van der Waals surface area contributed by atoms with Gasteiger partial charge in [0.25, 0.3) is 0 Å². The van der Waals surface area contributed by atoms with Gasteiger partial charge in [-0.25, -0.2) is 4.79 Å². The van der Waals surface area contributed by atoms with Gasteiger partial charge in [0.2, 0.25) is 0 Å². The molecule has 1 amide bonds. The summed E-state index contributed by atoms with van der Waals surface area (Å²) in [6.45, 7) is 4.72. The summed E-state index contributed by atoms with van der Waals surface area (Å²) in [6, 6.07) is 0. The third kappa shape index (κ3) is 4.40. The molecule has 0 aliphatic carbocycles. The fraction of sp³-hybridized carbons (Fsp3) is 0.875. The van der Waals surface area contributed by atoms with Crippen molar-refractivity contribution in [2.45, 2.75) is 0 Å². The number of nitrogens with one attached hydrogen (secondary N) is 1. The molecule has 0 bridgehead atoms. The largest absolute Gasteiger partial charge is 0.434 e. The Labute approximate surface area is 83.3 Å². The molecule has 1 heterocycles. The molecular weight excluding hydrogens is 186 g/mol. The summed E-state index contributed by atoms with van der Waals surface area (Å²) in [5, 5.41) is 2.61. The zero-order valence-electron chi connectivity index (χ0n) is 8.20. The Balaban J connectivity index is 1.99. The number of hydrogen-bond acceptors (Lipinski definition) is 5. The van der Waals surface area contributed by atoms with Crippen LogP contribution in [-0.4, -0.2) is 57.1 Å². The van der Waals surface area contributed by atoms with Gasteiger partial charge in [-0.2, -0.15) is 0 Å². The second-order valence-corrected chi connectivity index (χ2v) is 2.98. The van der Waals surface area contributed by atoms with Gasteiger partial charge < -0.3 is 14.8 Å². The summed E-state index contributed by atoms with van der Waals surface area (Å²) >= 11 is 0. The number of carbonyl (C=O) groups excluding carboxylic acids is 1. The van der Waals surface area contributed by atoms with Gasteiger partial charge in [0.1, 0.15) is 6.73 Å². The summed E-state index contributed by atoms with van der Waals surface area (Å²) < 4.78 is 9.71. The van der Waals surface area contributed by atoms with E-state index in [4.69, 9.17) is 10.5 Å². The van der Waals surface area contributed by atoms with Crippen LogP contribution in [0.25, 0.3) is 0 Å². The van der Waals surface area contributed by atoms with Crippen LogP contribution in [0.1, 0.15) is 0 Å². The lowest BCUT2D eigenvalue weighted by molar-refractivity contribution is 0.0383. The summed E-state index contributed by atoms with van der Waals surface area (Å²) in [6.07, 6.45) is -0.458. The molecule has 1 aliphatic heterocycles. The van der Waals surface area contributed by atoms with Crippen LogP contribution < -0.4 is 11.1 Å². The molecule has 3 N–H and O–H groups in total. The Morgan fingerprint density at radius 2 is 2.21 bits per heavy atom. The molecule has 0 atom stereocenters. The fourth-order valence-electron chi connectivity index (χ4n) is 1.27. The minimum atomic E-state index is -0.458. The van der Waals surface area contributed by atoms with Crippen molar-refractivity contribution in [3.8, 4) is 0 Å². The minimum absolute atomic E-state index is 0.0800. The standard InChI is InChI=1S/C8H17N3O3/c9-7-14-8(12)10-1-2-11-3-5-13-6-4-11/h1-7,9H2,(H,10,12).